The van der Waals surface area contributed by atoms with Gasteiger partial charge in [-0.1, -0.05) is 0 Å². The van der Waals surface area contributed by atoms with Crippen molar-refractivity contribution in [3.63, 3.8) is 0 Å². The Morgan fingerprint density at radius 3 is 2.47 bits per heavy atom. The first kappa shape index (κ1) is 13.5. The molecule has 1 amide bonds. The van der Waals surface area contributed by atoms with E-state index in [0.29, 0.717) is 5.69 Å². The van der Waals surface area contributed by atoms with Crippen LogP contribution in [0.1, 0.15) is 20.8 Å². The molecule has 1 aromatic carbocycles. The van der Waals surface area contributed by atoms with Crippen molar-refractivity contribution in [3.8, 4) is 0 Å². The predicted octanol–water partition coefficient (Wildman–Crippen LogP) is 2.64. The fraction of sp³-hybridized carbons (Fsp3) is 0. The van der Waals surface area contributed by atoms with Gasteiger partial charge in [0.05, 0.1) is 0 Å². The summed E-state index contributed by atoms with van der Waals surface area (Å²) in [5.74, 6) is -1.53. The average Bonchev–Trinajstić information content (AvgIpc) is 2.41. The van der Waals surface area contributed by atoms with Gasteiger partial charge in [-0.3, -0.25) is 4.79 Å². The van der Waals surface area contributed by atoms with Gasteiger partial charge in [0.1, 0.15) is 5.69 Å². The van der Waals surface area contributed by atoms with Crippen LogP contribution in [0.4, 0.5) is 5.69 Å². The lowest BCUT2D eigenvalue weighted by molar-refractivity contribution is 0.0690. The molecule has 0 saturated heterocycles. The summed E-state index contributed by atoms with van der Waals surface area (Å²) in [4.78, 5) is 26.4. The number of rotatable bonds is 3. The Labute approximate surface area is 122 Å². The number of carbonyl (C=O) groups is 2. The molecule has 5 nitrogen and oxygen atoms in total. The fourth-order valence-electron chi connectivity index (χ4n) is 1.43. The highest BCUT2D eigenvalue weighted by molar-refractivity contribution is 14.1. The normalized spacial score (nSPS) is 9.95. The van der Waals surface area contributed by atoms with Crippen molar-refractivity contribution in [2.24, 2.45) is 0 Å². The number of hydrogen-bond acceptors (Lipinski definition) is 3. The number of amides is 1. The number of nitrogens with zero attached hydrogens (tertiary/aromatic N) is 1. The molecular formula is C13H9IN2O3. The van der Waals surface area contributed by atoms with Gasteiger partial charge in [-0.25, -0.2) is 9.78 Å². The molecule has 2 N–H and O–H groups in total. The number of halogens is 1. The number of hydrogen-bond donors (Lipinski definition) is 2. The molecule has 0 fully saturated rings. The van der Waals surface area contributed by atoms with E-state index in [1.54, 1.807) is 12.1 Å². The Balaban J connectivity index is 2.18. The quantitative estimate of drug-likeness (QED) is 0.817. The van der Waals surface area contributed by atoms with Gasteiger partial charge >= 0.3 is 5.97 Å². The standard InChI is InChI=1S/C13H9IN2O3/c14-9-1-3-10(4-2-9)16-12(17)8-5-6-15-11(7-8)13(18)19/h1-7H,(H,16,17)(H,18,19). The minimum atomic E-state index is -1.16. The summed E-state index contributed by atoms with van der Waals surface area (Å²) in [6.07, 6.45) is 1.30. The minimum Gasteiger partial charge on any atom is -0.477 e. The van der Waals surface area contributed by atoms with Crippen molar-refractivity contribution in [1.29, 1.82) is 0 Å². The summed E-state index contributed by atoms with van der Waals surface area (Å²) >= 11 is 2.17. The molecule has 0 radical (unpaired) electrons. The summed E-state index contributed by atoms with van der Waals surface area (Å²) in [7, 11) is 0. The minimum absolute atomic E-state index is 0.157. The molecule has 0 unspecified atom stereocenters. The van der Waals surface area contributed by atoms with E-state index in [2.05, 4.69) is 32.9 Å². The first-order valence-electron chi connectivity index (χ1n) is 5.32. The topological polar surface area (TPSA) is 79.3 Å². The Morgan fingerprint density at radius 2 is 1.84 bits per heavy atom. The van der Waals surface area contributed by atoms with E-state index in [0.717, 1.165) is 3.57 Å². The Hall–Kier alpha value is -1.96. The molecule has 0 atom stereocenters. The summed E-state index contributed by atoms with van der Waals surface area (Å²) in [5, 5.41) is 11.5. The smallest absolute Gasteiger partial charge is 0.354 e. The zero-order valence-electron chi connectivity index (χ0n) is 9.63. The Morgan fingerprint density at radius 1 is 1.16 bits per heavy atom. The lowest BCUT2D eigenvalue weighted by Gasteiger charge is -2.05. The van der Waals surface area contributed by atoms with Crippen molar-refractivity contribution < 1.29 is 14.7 Å². The third kappa shape index (κ3) is 3.50. The lowest BCUT2D eigenvalue weighted by atomic mass is 10.2. The second kappa shape index (κ2) is 5.79. The highest BCUT2D eigenvalue weighted by Crippen LogP contribution is 2.12. The third-order valence-corrected chi connectivity index (χ3v) is 3.06. The van der Waals surface area contributed by atoms with Crippen LogP contribution in [-0.4, -0.2) is 22.0 Å². The van der Waals surface area contributed by atoms with E-state index < -0.39 is 5.97 Å². The molecule has 0 spiro atoms. The van der Waals surface area contributed by atoms with Crippen LogP contribution in [-0.2, 0) is 0 Å². The average molecular weight is 368 g/mol. The van der Waals surface area contributed by atoms with Crippen LogP contribution < -0.4 is 5.32 Å². The summed E-state index contributed by atoms with van der Waals surface area (Å²) < 4.78 is 1.06. The number of aromatic nitrogens is 1. The number of aromatic carboxylic acids is 1. The van der Waals surface area contributed by atoms with Gasteiger partial charge in [-0.2, -0.15) is 0 Å². The van der Waals surface area contributed by atoms with E-state index >= 15 is 0 Å². The van der Waals surface area contributed by atoms with E-state index in [-0.39, 0.29) is 17.2 Å². The first-order chi connectivity index (χ1) is 9.06. The molecular weight excluding hydrogens is 359 g/mol. The van der Waals surface area contributed by atoms with Crippen LogP contribution in [0.5, 0.6) is 0 Å². The summed E-state index contributed by atoms with van der Waals surface area (Å²) in [5.41, 5.74) is 0.750. The first-order valence-corrected chi connectivity index (χ1v) is 6.40. The van der Waals surface area contributed by atoms with Gasteiger partial charge in [0.2, 0.25) is 0 Å². The molecule has 0 aliphatic rings. The maximum absolute atomic E-state index is 11.9. The van der Waals surface area contributed by atoms with Crippen molar-refractivity contribution in [1.82, 2.24) is 4.98 Å². The van der Waals surface area contributed by atoms with E-state index in [1.165, 1.54) is 18.3 Å². The second-order valence-electron chi connectivity index (χ2n) is 3.70. The number of carbonyl (C=O) groups excluding carboxylic acids is 1. The number of nitrogens with one attached hydrogen (secondary N) is 1. The third-order valence-electron chi connectivity index (χ3n) is 2.34. The molecule has 1 heterocycles. The number of carboxylic acid groups (broad SMARTS) is 1. The van der Waals surface area contributed by atoms with Crippen molar-refractivity contribution in [2.45, 2.75) is 0 Å². The van der Waals surface area contributed by atoms with Crippen molar-refractivity contribution in [3.05, 3.63) is 57.4 Å². The number of carboxylic acids is 1. The molecule has 0 aliphatic heterocycles. The number of anilines is 1. The highest BCUT2D eigenvalue weighted by atomic mass is 127. The van der Waals surface area contributed by atoms with E-state index in [1.807, 2.05) is 12.1 Å². The summed E-state index contributed by atoms with van der Waals surface area (Å²) in [6.45, 7) is 0. The highest BCUT2D eigenvalue weighted by Gasteiger charge is 2.10. The predicted molar refractivity (Wildman–Crippen MR) is 78.3 cm³/mol. The SMILES string of the molecule is O=C(Nc1ccc(I)cc1)c1ccnc(C(=O)O)c1. The van der Waals surface area contributed by atoms with Crippen LogP contribution in [0.2, 0.25) is 0 Å². The zero-order chi connectivity index (χ0) is 13.8. The maximum atomic E-state index is 11.9. The van der Waals surface area contributed by atoms with Crippen LogP contribution in [0.3, 0.4) is 0 Å². The molecule has 96 valence electrons. The molecule has 0 aliphatic carbocycles. The largest absolute Gasteiger partial charge is 0.477 e. The maximum Gasteiger partial charge on any atom is 0.354 e. The van der Waals surface area contributed by atoms with Crippen molar-refractivity contribution in [2.75, 3.05) is 5.32 Å². The Bertz CT molecular complexity index is 626. The number of pyridine rings is 1. The van der Waals surface area contributed by atoms with Gasteiger partial charge in [-0.15, -0.1) is 0 Å². The zero-order valence-corrected chi connectivity index (χ0v) is 11.8. The molecule has 0 saturated carbocycles. The van der Waals surface area contributed by atoms with Crippen LogP contribution in [0.25, 0.3) is 0 Å². The van der Waals surface area contributed by atoms with Gasteiger partial charge in [0.25, 0.3) is 5.91 Å². The Kier molecular flexibility index (Phi) is 4.10. The van der Waals surface area contributed by atoms with Crippen LogP contribution in [0.15, 0.2) is 42.6 Å². The second-order valence-corrected chi connectivity index (χ2v) is 4.94. The monoisotopic (exact) mass is 368 g/mol. The lowest BCUT2D eigenvalue weighted by Crippen LogP contribution is -2.13. The van der Waals surface area contributed by atoms with Gasteiger partial charge in [0.15, 0.2) is 0 Å². The molecule has 19 heavy (non-hydrogen) atoms. The molecule has 6 heteroatoms. The molecule has 2 rings (SSSR count). The fourth-order valence-corrected chi connectivity index (χ4v) is 1.78. The van der Waals surface area contributed by atoms with Crippen molar-refractivity contribution >= 4 is 40.2 Å². The van der Waals surface area contributed by atoms with Gasteiger partial charge in [-0.05, 0) is 59.0 Å². The van der Waals surface area contributed by atoms with Crippen LogP contribution in [0, 0.1) is 3.57 Å². The van der Waals surface area contributed by atoms with E-state index in [4.69, 9.17) is 5.11 Å². The van der Waals surface area contributed by atoms with Crippen LogP contribution >= 0.6 is 22.6 Å². The molecule has 1 aromatic heterocycles. The van der Waals surface area contributed by atoms with Gasteiger partial charge < -0.3 is 10.4 Å². The van der Waals surface area contributed by atoms with Gasteiger partial charge in [0, 0.05) is 21.0 Å². The molecule has 0 bridgehead atoms. The summed E-state index contributed by atoms with van der Waals surface area (Å²) in [6, 6.07) is 9.99. The van der Waals surface area contributed by atoms with E-state index in [9.17, 15) is 9.59 Å². The number of benzene rings is 1. The molecule has 2 aromatic rings.